The fourth-order valence-electron chi connectivity index (χ4n) is 3.13. The molecule has 2 aliphatic rings. The van der Waals surface area contributed by atoms with Crippen molar-refractivity contribution in [2.75, 3.05) is 12.8 Å². The van der Waals surface area contributed by atoms with Crippen molar-refractivity contribution >= 4 is 29.3 Å². The summed E-state index contributed by atoms with van der Waals surface area (Å²) in [6.45, 7) is 1.31. The van der Waals surface area contributed by atoms with Crippen molar-refractivity contribution in [3.8, 4) is 0 Å². The molecule has 0 spiro atoms. The molecule has 2 heterocycles. The molecule has 0 bridgehead atoms. The van der Waals surface area contributed by atoms with Crippen LogP contribution in [0, 0.1) is 0 Å². The van der Waals surface area contributed by atoms with Gasteiger partial charge in [-0.1, -0.05) is 23.7 Å². The Labute approximate surface area is 150 Å². The summed E-state index contributed by atoms with van der Waals surface area (Å²) >= 11 is 7.94. The Balaban J connectivity index is 1.63. The Bertz CT molecular complexity index is 793. The van der Waals surface area contributed by atoms with Gasteiger partial charge in [0.1, 0.15) is 5.82 Å². The van der Waals surface area contributed by atoms with Crippen molar-refractivity contribution in [3.63, 3.8) is 0 Å². The molecule has 4 rings (SSSR count). The van der Waals surface area contributed by atoms with E-state index < -0.39 is 0 Å². The third-order valence-corrected chi connectivity index (χ3v) is 5.74. The highest BCUT2D eigenvalue weighted by Crippen LogP contribution is 2.38. The highest BCUT2D eigenvalue weighted by Gasteiger charge is 2.30. The summed E-state index contributed by atoms with van der Waals surface area (Å²) in [4.78, 5) is 24.8. The van der Waals surface area contributed by atoms with Crippen LogP contribution in [0.25, 0.3) is 0 Å². The van der Waals surface area contributed by atoms with Crippen LogP contribution in [-0.4, -0.2) is 33.6 Å². The summed E-state index contributed by atoms with van der Waals surface area (Å²) in [5, 5.41) is 0.341. The zero-order valence-corrected chi connectivity index (χ0v) is 15.0. The van der Waals surface area contributed by atoms with Crippen LogP contribution in [-0.2, 0) is 13.0 Å². The van der Waals surface area contributed by atoms with E-state index in [0.717, 1.165) is 25.1 Å². The average Bonchev–Trinajstić information content (AvgIpc) is 3.45. The number of benzene rings is 1. The highest BCUT2D eigenvalue weighted by molar-refractivity contribution is 7.98. The SMILES string of the molecule is CSc1cccc2c1CN(C(=O)c1nc(C3CC3)ncc1Cl)CC2. The molecule has 0 N–H and O–H groups in total. The van der Waals surface area contributed by atoms with Gasteiger partial charge in [0.2, 0.25) is 0 Å². The Hall–Kier alpha value is -1.59. The third-order valence-electron chi connectivity index (χ3n) is 4.65. The Morgan fingerprint density at radius 1 is 1.38 bits per heavy atom. The van der Waals surface area contributed by atoms with Gasteiger partial charge in [0.25, 0.3) is 5.91 Å². The van der Waals surface area contributed by atoms with Gasteiger partial charge in [0, 0.05) is 23.9 Å². The minimum atomic E-state index is -0.0918. The lowest BCUT2D eigenvalue weighted by Gasteiger charge is -2.30. The van der Waals surface area contributed by atoms with E-state index in [1.165, 1.54) is 16.0 Å². The van der Waals surface area contributed by atoms with E-state index in [2.05, 4.69) is 34.4 Å². The number of rotatable bonds is 3. The van der Waals surface area contributed by atoms with Gasteiger partial charge >= 0.3 is 0 Å². The summed E-state index contributed by atoms with van der Waals surface area (Å²) in [5.41, 5.74) is 2.93. The zero-order chi connectivity index (χ0) is 16.7. The predicted octanol–water partition coefficient (Wildman–Crippen LogP) is 3.93. The van der Waals surface area contributed by atoms with E-state index in [0.29, 0.717) is 29.7 Å². The second-order valence-electron chi connectivity index (χ2n) is 6.27. The molecule has 1 amide bonds. The molecule has 2 aromatic rings. The number of thioether (sulfide) groups is 1. The fraction of sp³-hybridized carbons (Fsp3) is 0.389. The first-order valence-electron chi connectivity index (χ1n) is 8.14. The first-order chi connectivity index (χ1) is 11.7. The standard InChI is InChI=1S/C18H18ClN3OS/c1-24-15-4-2-3-11-7-8-22(10-13(11)15)18(23)16-14(19)9-20-17(21-16)12-5-6-12/h2-4,9,12H,5-8,10H2,1H3. The lowest BCUT2D eigenvalue weighted by molar-refractivity contribution is 0.0726. The lowest BCUT2D eigenvalue weighted by atomic mass is 9.99. The molecular formula is C18H18ClN3OS. The summed E-state index contributed by atoms with van der Waals surface area (Å²) in [6.07, 6.45) is 6.71. The first-order valence-corrected chi connectivity index (χ1v) is 9.74. The summed E-state index contributed by atoms with van der Waals surface area (Å²) < 4.78 is 0. The molecule has 0 saturated heterocycles. The van der Waals surface area contributed by atoms with Gasteiger partial charge in [-0.2, -0.15) is 0 Å². The molecule has 0 atom stereocenters. The maximum absolute atomic E-state index is 13.0. The van der Waals surface area contributed by atoms with Crippen molar-refractivity contribution in [3.05, 3.63) is 52.1 Å². The molecule has 0 unspecified atom stereocenters. The monoisotopic (exact) mass is 359 g/mol. The van der Waals surface area contributed by atoms with Crippen LogP contribution in [0.15, 0.2) is 29.3 Å². The molecule has 1 aliphatic carbocycles. The smallest absolute Gasteiger partial charge is 0.274 e. The lowest BCUT2D eigenvalue weighted by Crippen LogP contribution is -2.37. The quantitative estimate of drug-likeness (QED) is 0.779. The van der Waals surface area contributed by atoms with Gasteiger partial charge in [0.05, 0.1) is 11.2 Å². The number of carbonyl (C=O) groups excluding carboxylic acids is 1. The fourth-order valence-corrected chi connectivity index (χ4v) is 3.96. The summed E-state index contributed by atoms with van der Waals surface area (Å²) in [7, 11) is 0. The van der Waals surface area contributed by atoms with Crippen LogP contribution in [0.2, 0.25) is 5.02 Å². The highest BCUT2D eigenvalue weighted by atomic mass is 35.5. The number of hydrogen-bond acceptors (Lipinski definition) is 4. The number of fused-ring (bicyclic) bond motifs is 1. The van der Waals surface area contributed by atoms with Gasteiger partial charge < -0.3 is 4.90 Å². The molecule has 1 aromatic carbocycles. The van der Waals surface area contributed by atoms with Crippen LogP contribution >= 0.6 is 23.4 Å². The van der Waals surface area contributed by atoms with Crippen molar-refractivity contribution in [2.45, 2.75) is 36.6 Å². The Morgan fingerprint density at radius 2 is 2.21 bits per heavy atom. The van der Waals surface area contributed by atoms with Gasteiger partial charge in [-0.25, -0.2) is 9.97 Å². The van der Waals surface area contributed by atoms with E-state index in [4.69, 9.17) is 11.6 Å². The van der Waals surface area contributed by atoms with Gasteiger partial charge in [0.15, 0.2) is 5.69 Å². The maximum Gasteiger partial charge on any atom is 0.274 e. The van der Waals surface area contributed by atoms with Gasteiger partial charge in [-0.3, -0.25) is 4.79 Å². The third kappa shape index (κ3) is 2.91. The molecule has 24 heavy (non-hydrogen) atoms. The largest absolute Gasteiger partial charge is 0.333 e. The van der Waals surface area contributed by atoms with Crippen molar-refractivity contribution in [2.24, 2.45) is 0 Å². The van der Waals surface area contributed by atoms with E-state index in [9.17, 15) is 4.79 Å². The minimum Gasteiger partial charge on any atom is -0.333 e. The van der Waals surface area contributed by atoms with Gasteiger partial charge in [-0.05, 0) is 42.7 Å². The van der Waals surface area contributed by atoms with Crippen LogP contribution in [0.5, 0.6) is 0 Å². The second-order valence-corrected chi connectivity index (χ2v) is 7.53. The number of halogens is 1. The summed E-state index contributed by atoms with van der Waals surface area (Å²) in [6, 6.07) is 6.35. The molecule has 1 aliphatic heterocycles. The normalized spacial score (nSPS) is 16.8. The molecular weight excluding hydrogens is 342 g/mol. The molecule has 1 aromatic heterocycles. The molecule has 4 nitrogen and oxygen atoms in total. The number of nitrogens with zero attached hydrogens (tertiary/aromatic N) is 3. The number of amides is 1. The van der Waals surface area contributed by atoms with Gasteiger partial charge in [-0.15, -0.1) is 11.8 Å². The minimum absolute atomic E-state index is 0.0918. The number of carbonyl (C=O) groups is 1. The van der Waals surface area contributed by atoms with Crippen LogP contribution in [0.4, 0.5) is 0 Å². The molecule has 0 radical (unpaired) electrons. The summed E-state index contributed by atoms with van der Waals surface area (Å²) in [5.74, 6) is 1.06. The molecule has 6 heteroatoms. The Morgan fingerprint density at radius 3 is 2.96 bits per heavy atom. The Kier molecular flexibility index (Phi) is 4.22. The van der Waals surface area contributed by atoms with E-state index in [1.807, 2.05) is 4.90 Å². The van der Waals surface area contributed by atoms with E-state index in [-0.39, 0.29) is 5.91 Å². The average molecular weight is 360 g/mol. The van der Waals surface area contributed by atoms with E-state index in [1.54, 1.807) is 18.0 Å². The van der Waals surface area contributed by atoms with Crippen molar-refractivity contribution in [1.29, 1.82) is 0 Å². The van der Waals surface area contributed by atoms with Crippen molar-refractivity contribution in [1.82, 2.24) is 14.9 Å². The second kappa shape index (κ2) is 6.37. The van der Waals surface area contributed by atoms with E-state index >= 15 is 0 Å². The predicted molar refractivity (Wildman–Crippen MR) is 95.7 cm³/mol. The zero-order valence-electron chi connectivity index (χ0n) is 13.5. The first kappa shape index (κ1) is 15.9. The van der Waals surface area contributed by atoms with Crippen LogP contribution in [0.1, 0.15) is 46.2 Å². The number of hydrogen-bond donors (Lipinski definition) is 0. The molecule has 1 saturated carbocycles. The number of aromatic nitrogens is 2. The van der Waals surface area contributed by atoms with Crippen molar-refractivity contribution < 1.29 is 4.79 Å². The topological polar surface area (TPSA) is 46.1 Å². The van der Waals surface area contributed by atoms with Crippen LogP contribution in [0.3, 0.4) is 0 Å². The maximum atomic E-state index is 13.0. The molecule has 1 fully saturated rings. The van der Waals surface area contributed by atoms with Crippen LogP contribution < -0.4 is 0 Å². The molecule has 124 valence electrons.